The van der Waals surface area contributed by atoms with E-state index in [2.05, 4.69) is 32.6 Å². The molecule has 2 aromatic heterocycles. The number of pyridine rings is 1. The number of nitrogens with zero attached hydrogens (tertiary/aromatic N) is 4. The Morgan fingerprint density at radius 2 is 1.94 bits per heavy atom. The Morgan fingerprint density at radius 3 is 2.69 bits per heavy atom. The van der Waals surface area contributed by atoms with Crippen LogP contribution in [0.5, 0.6) is 0 Å². The fourth-order valence-electron chi connectivity index (χ4n) is 3.17. The quantitative estimate of drug-likeness (QED) is 0.368. The first-order chi connectivity index (χ1) is 15.5. The number of thioether (sulfide) groups is 1. The third kappa shape index (κ3) is 5.18. The van der Waals surface area contributed by atoms with E-state index in [9.17, 15) is 4.79 Å². The van der Waals surface area contributed by atoms with E-state index in [1.807, 2.05) is 54.8 Å². The summed E-state index contributed by atoms with van der Waals surface area (Å²) in [6.07, 6.45) is 3.49. The van der Waals surface area contributed by atoms with E-state index in [0.29, 0.717) is 28.2 Å². The average molecular weight is 464 g/mol. The summed E-state index contributed by atoms with van der Waals surface area (Å²) in [5.41, 5.74) is 3.64. The number of benzene rings is 2. The number of carbonyl (C=O) groups excluding carboxylic acids is 1. The van der Waals surface area contributed by atoms with Crippen LogP contribution in [-0.2, 0) is 11.3 Å². The summed E-state index contributed by atoms with van der Waals surface area (Å²) in [5, 5.41) is 12.6. The number of hydrogen-bond acceptors (Lipinski definition) is 5. The summed E-state index contributed by atoms with van der Waals surface area (Å²) in [6.45, 7) is 4.37. The summed E-state index contributed by atoms with van der Waals surface area (Å²) in [5.74, 6) is 0.584. The largest absolute Gasteiger partial charge is 0.325 e. The van der Waals surface area contributed by atoms with Crippen molar-refractivity contribution in [3.63, 3.8) is 0 Å². The highest BCUT2D eigenvalue weighted by atomic mass is 35.5. The van der Waals surface area contributed by atoms with E-state index in [-0.39, 0.29) is 5.91 Å². The molecular formula is C24H22ClN5OS. The fraction of sp³-hybridized carbons (Fsp3) is 0.167. The van der Waals surface area contributed by atoms with Crippen molar-refractivity contribution >= 4 is 35.0 Å². The van der Waals surface area contributed by atoms with Crippen LogP contribution in [0, 0.1) is 6.92 Å². The molecule has 2 heterocycles. The van der Waals surface area contributed by atoms with E-state index >= 15 is 0 Å². The first-order valence-electron chi connectivity index (χ1n) is 10.1. The van der Waals surface area contributed by atoms with Crippen LogP contribution in [0.3, 0.4) is 0 Å². The number of rotatable bonds is 7. The van der Waals surface area contributed by atoms with Crippen LogP contribution >= 0.6 is 23.4 Å². The van der Waals surface area contributed by atoms with Crippen LogP contribution in [0.4, 0.5) is 5.69 Å². The molecule has 4 aromatic rings. The molecule has 0 saturated carbocycles. The van der Waals surface area contributed by atoms with Gasteiger partial charge in [0.25, 0.3) is 0 Å². The minimum atomic E-state index is -0.395. The molecular weight excluding hydrogens is 442 g/mol. The van der Waals surface area contributed by atoms with Gasteiger partial charge < -0.3 is 5.32 Å². The van der Waals surface area contributed by atoms with Gasteiger partial charge in [0.2, 0.25) is 5.91 Å². The normalized spacial score (nSPS) is 11.8. The zero-order valence-electron chi connectivity index (χ0n) is 17.7. The smallest absolute Gasteiger partial charge is 0.237 e. The minimum Gasteiger partial charge on any atom is -0.325 e. The van der Waals surface area contributed by atoms with Gasteiger partial charge in [-0.25, -0.2) is 0 Å². The Labute approximate surface area is 196 Å². The number of anilines is 1. The van der Waals surface area contributed by atoms with Gasteiger partial charge in [-0.2, -0.15) is 0 Å². The Morgan fingerprint density at radius 1 is 1.12 bits per heavy atom. The van der Waals surface area contributed by atoms with Crippen LogP contribution < -0.4 is 5.32 Å². The summed E-state index contributed by atoms with van der Waals surface area (Å²) in [6, 6.07) is 19.3. The monoisotopic (exact) mass is 463 g/mol. The molecule has 1 amide bonds. The molecule has 0 aliphatic heterocycles. The average Bonchev–Trinajstić information content (AvgIpc) is 3.19. The Kier molecular flexibility index (Phi) is 6.87. The third-order valence-electron chi connectivity index (χ3n) is 4.93. The molecule has 2 aromatic carbocycles. The molecule has 0 bridgehead atoms. The lowest BCUT2D eigenvalue weighted by Crippen LogP contribution is -2.23. The zero-order valence-corrected chi connectivity index (χ0v) is 19.3. The molecule has 1 unspecified atom stereocenters. The third-order valence-corrected chi connectivity index (χ3v) is 6.24. The number of aryl methyl sites for hydroxylation is 1. The lowest BCUT2D eigenvalue weighted by molar-refractivity contribution is -0.115. The van der Waals surface area contributed by atoms with Gasteiger partial charge in [0.1, 0.15) is 0 Å². The van der Waals surface area contributed by atoms with Gasteiger partial charge >= 0.3 is 0 Å². The van der Waals surface area contributed by atoms with E-state index in [1.54, 1.807) is 24.5 Å². The van der Waals surface area contributed by atoms with E-state index in [1.165, 1.54) is 11.8 Å². The van der Waals surface area contributed by atoms with Crippen molar-refractivity contribution < 1.29 is 4.79 Å². The molecule has 0 radical (unpaired) electrons. The predicted octanol–water partition coefficient (Wildman–Crippen LogP) is 5.47. The first kappa shape index (κ1) is 22.0. The van der Waals surface area contributed by atoms with E-state index < -0.39 is 5.25 Å². The first-order valence-corrected chi connectivity index (χ1v) is 11.4. The maximum Gasteiger partial charge on any atom is 0.237 e. The molecule has 0 aliphatic carbocycles. The fourth-order valence-corrected chi connectivity index (χ4v) is 4.19. The molecule has 0 fully saturated rings. The second-order valence-corrected chi connectivity index (χ2v) is 9.07. The van der Waals surface area contributed by atoms with Gasteiger partial charge in [-0.3, -0.25) is 14.3 Å². The molecule has 1 atom stereocenters. The van der Waals surface area contributed by atoms with Crippen molar-refractivity contribution in [1.82, 2.24) is 19.7 Å². The summed E-state index contributed by atoms with van der Waals surface area (Å²) in [7, 11) is 0. The Hall–Kier alpha value is -3.16. The number of amides is 1. The molecule has 162 valence electrons. The van der Waals surface area contributed by atoms with Crippen LogP contribution in [0.1, 0.15) is 18.1 Å². The Bertz CT molecular complexity index is 1210. The lowest BCUT2D eigenvalue weighted by atomic mass is 10.2. The molecule has 1 N–H and O–H groups in total. The van der Waals surface area contributed by atoms with Crippen molar-refractivity contribution in [2.45, 2.75) is 30.8 Å². The van der Waals surface area contributed by atoms with E-state index in [0.717, 1.165) is 16.7 Å². The zero-order chi connectivity index (χ0) is 22.5. The van der Waals surface area contributed by atoms with Gasteiger partial charge in [-0.15, -0.1) is 10.2 Å². The number of carbonyl (C=O) groups is 1. The highest BCUT2D eigenvalue weighted by molar-refractivity contribution is 8.00. The SMILES string of the molecule is Cc1ccc(Cl)cc1NC(=O)C(C)Sc1nnc(-c2cccnc2)n1Cc1ccccc1. The van der Waals surface area contributed by atoms with E-state index in [4.69, 9.17) is 11.6 Å². The minimum absolute atomic E-state index is 0.127. The van der Waals surface area contributed by atoms with Gasteiger partial charge in [0.05, 0.1) is 11.8 Å². The van der Waals surface area contributed by atoms with Crippen molar-refractivity contribution in [3.8, 4) is 11.4 Å². The highest BCUT2D eigenvalue weighted by Crippen LogP contribution is 2.29. The molecule has 4 rings (SSSR count). The van der Waals surface area contributed by atoms with Gasteiger partial charge in [0, 0.05) is 28.7 Å². The summed E-state index contributed by atoms with van der Waals surface area (Å²) >= 11 is 7.45. The van der Waals surface area contributed by atoms with Crippen molar-refractivity contribution in [1.29, 1.82) is 0 Å². The van der Waals surface area contributed by atoms with Crippen LogP contribution in [0.2, 0.25) is 5.02 Å². The van der Waals surface area contributed by atoms with Crippen molar-refractivity contribution in [2.75, 3.05) is 5.32 Å². The topological polar surface area (TPSA) is 72.7 Å². The van der Waals surface area contributed by atoms with Gasteiger partial charge in [-0.05, 0) is 49.2 Å². The molecule has 32 heavy (non-hydrogen) atoms. The maximum absolute atomic E-state index is 12.9. The summed E-state index contributed by atoms with van der Waals surface area (Å²) in [4.78, 5) is 17.1. The Balaban J connectivity index is 1.59. The standard InChI is InChI=1S/C24H22ClN5OS/c1-16-10-11-20(25)13-21(16)27-23(31)17(2)32-24-29-28-22(19-9-6-12-26-14-19)30(24)15-18-7-4-3-5-8-18/h3-14,17H,15H2,1-2H3,(H,27,31). The second-order valence-electron chi connectivity index (χ2n) is 7.33. The lowest BCUT2D eigenvalue weighted by Gasteiger charge is -2.15. The highest BCUT2D eigenvalue weighted by Gasteiger charge is 2.22. The molecule has 8 heteroatoms. The maximum atomic E-state index is 12.9. The van der Waals surface area contributed by atoms with Crippen LogP contribution in [0.25, 0.3) is 11.4 Å². The van der Waals surface area contributed by atoms with Crippen LogP contribution in [-0.4, -0.2) is 30.9 Å². The second kappa shape index (κ2) is 9.97. The predicted molar refractivity (Wildman–Crippen MR) is 129 cm³/mol. The van der Waals surface area contributed by atoms with Gasteiger partial charge in [0.15, 0.2) is 11.0 Å². The molecule has 0 spiro atoms. The molecule has 6 nitrogen and oxygen atoms in total. The number of aromatic nitrogens is 4. The number of nitrogens with one attached hydrogen (secondary N) is 1. The number of halogens is 1. The van der Waals surface area contributed by atoms with Crippen molar-refractivity contribution in [3.05, 3.63) is 89.2 Å². The van der Waals surface area contributed by atoms with Crippen LogP contribution in [0.15, 0.2) is 78.2 Å². The number of hydrogen-bond donors (Lipinski definition) is 1. The molecule has 0 aliphatic rings. The van der Waals surface area contributed by atoms with Gasteiger partial charge in [-0.1, -0.05) is 59.8 Å². The summed E-state index contributed by atoms with van der Waals surface area (Å²) < 4.78 is 2.02. The van der Waals surface area contributed by atoms with Crippen molar-refractivity contribution in [2.24, 2.45) is 0 Å². The molecule has 0 saturated heterocycles.